The minimum atomic E-state index is -0.794. The second-order valence-electron chi connectivity index (χ2n) is 11.1. The van der Waals surface area contributed by atoms with Crippen LogP contribution in [0.2, 0.25) is 0 Å². The number of ether oxygens (including phenoxy) is 2. The molecule has 3 aromatic rings. The van der Waals surface area contributed by atoms with Gasteiger partial charge in [0.05, 0.1) is 0 Å². The van der Waals surface area contributed by atoms with E-state index in [1.165, 1.54) is 29.5 Å². The number of amides is 1. The fourth-order valence-electron chi connectivity index (χ4n) is 5.09. The van der Waals surface area contributed by atoms with Crippen LogP contribution in [0.25, 0.3) is 11.1 Å². The molecule has 37 heavy (non-hydrogen) atoms. The lowest BCUT2D eigenvalue weighted by Gasteiger charge is -2.25. The minimum absolute atomic E-state index is 0.0388. The maximum absolute atomic E-state index is 13.0. The Labute approximate surface area is 219 Å². The average molecular weight is 498 g/mol. The van der Waals surface area contributed by atoms with E-state index in [0.29, 0.717) is 18.8 Å². The van der Waals surface area contributed by atoms with Gasteiger partial charge in [0.1, 0.15) is 18.2 Å². The van der Waals surface area contributed by atoms with Crippen LogP contribution >= 0.6 is 0 Å². The number of aryl methyl sites for hydroxylation is 1. The highest BCUT2D eigenvalue weighted by Gasteiger charge is 2.31. The first-order valence-corrected chi connectivity index (χ1v) is 13.2. The molecule has 1 atom stereocenters. The van der Waals surface area contributed by atoms with Gasteiger partial charge in [0.25, 0.3) is 0 Å². The van der Waals surface area contributed by atoms with Crippen molar-refractivity contribution in [3.63, 3.8) is 0 Å². The van der Waals surface area contributed by atoms with Gasteiger partial charge in [0.15, 0.2) is 0 Å². The summed E-state index contributed by atoms with van der Waals surface area (Å²) in [6.45, 7) is 5.67. The van der Waals surface area contributed by atoms with Gasteiger partial charge in [-0.3, -0.25) is 0 Å². The highest BCUT2D eigenvalue weighted by atomic mass is 16.6. The van der Waals surface area contributed by atoms with Crippen molar-refractivity contribution in [2.75, 3.05) is 6.61 Å². The van der Waals surface area contributed by atoms with Gasteiger partial charge < -0.3 is 14.8 Å². The summed E-state index contributed by atoms with van der Waals surface area (Å²) in [5.74, 6) is 0.220. The number of hydrogen-bond acceptors (Lipinski definition) is 4. The molecule has 0 heterocycles. The van der Waals surface area contributed by atoms with Crippen LogP contribution in [-0.2, 0) is 20.7 Å². The van der Waals surface area contributed by atoms with Crippen LogP contribution in [0.1, 0.15) is 74.1 Å². The molecule has 5 rings (SSSR count). The van der Waals surface area contributed by atoms with Crippen molar-refractivity contribution >= 4 is 12.1 Å². The number of fused-ring (bicyclic) bond motifs is 3. The third kappa shape index (κ3) is 6.04. The Morgan fingerprint density at radius 2 is 1.49 bits per heavy atom. The largest absolute Gasteiger partial charge is 0.458 e. The standard InChI is InChI=1S/C32H35NO4/c1-32(2,3)37-30(34)29(19-14-21-12-15-22(16-13-21)23-17-18-23)33-31(35)36-20-28-26-10-6-4-8-24(26)25-9-5-7-11-27(25)28/h4-13,15-16,23,28-29H,14,17-20H2,1-3H3,(H,33,35). The van der Waals surface area contributed by atoms with Crippen molar-refractivity contribution < 1.29 is 19.1 Å². The van der Waals surface area contributed by atoms with Gasteiger partial charge in [-0.25, -0.2) is 9.59 Å². The molecule has 2 aliphatic rings. The highest BCUT2D eigenvalue weighted by molar-refractivity contribution is 5.82. The normalized spacial score (nSPS) is 15.4. The molecule has 5 nitrogen and oxygen atoms in total. The molecule has 1 saturated carbocycles. The molecule has 0 bridgehead atoms. The second-order valence-corrected chi connectivity index (χ2v) is 11.1. The summed E-state index contributed by atoms with van der Waals surface area (Å²) in [7, 11) is 0. The van der Waals surface area contributed by atoms with Gasteiger partial charge in [0.2, 0.25) is 0 Å². The van der Waals surface area contributed by atoms with Gasteiger partial charge in [-0.1, -0.05) is 72.8 Å². The number of benzene rings is 3. The highest BCUT2D eigenvalue weighted by Crippen LogP contribution is 2.44. The molecule has 192 valence electrons. The SMILES string of the molecule is CC(C)(C)OC(=O)C(CCc1ccc(C2CC2)cc1)NC(=O)OCC1c2ccccc2-c2ccccc21. The summed E-state index contributed by atoms with van der Waals surface area (Å²) in [6, 6.07) is 24.2. The van der Waals surface area contributed by atoms with E-state index in [2.05, 4.69) is 53.8 Å². The second kappa shape index (κ2) is 10.4. The molecule has 1 fully saturated rings. The Morgan fingerprint density at radius 3 is 2.05 bits per heavy atom. The zero-order chi connectivity index (χ0) is 26.0. The third-order valence-corrected chi connectivity index (χ3v) is 7.08. The molecular formula is C32H35NO4. The smallest absolute Gasteiger partial charge is 0.407 e. The molecule has 1 N–H and O–H groups in total. The van der Waals surface area contributed by atoms with Crippen molar-refractivity contribution in [2.24, 2.45) is 0 Å². The lowest BCUT2D eigenvalue weighted by Crippen LogP contribution is -2.45. The van der Waals surface area contributed by atoms with E-state index >= 15 is 0 Å². The summed E-state index contributed by atoms with van der Waals surface area (Å²) < 4.78 is 11.3. The van der Waals surface area contributed by atoms with E-state index in [-0.39, 0.29) is 12.5 Å². The number of alkyl carbamates (subject to hydrolysis) is 1. The first-order valence-electron chi connectivity index (χ1n) is 13.2. The number of carbonyl (C=O) groups is 2. The fourth-order valence-corrected chi connectivity index (χ4v) is 5.09. The molecule has 0 aliphatic heterocycles. The molecule has 5 heteroatoms. The number of carbonyl (C=O) groups excluding carboxylic acids is 2. The molecule has 3 aromatic carbocycles. The molecule has 1 unspecified atom stereocenters. The summed E-state index contributed by atoms with van der Waals surface area (Å²) in [6.07, 6.45) is 3.01. The number of hydrogen-bond donors (Lipinski definition) is 1. The van der Waals surface area contributed by atoms with Gasteiger partial charge in [-0.2, -0.15) is 0 Å². The van der Waals surface area contributed by atoms with E-state index in [1.54, 1.807) is 0 Å². The number of nitrogens with one attached hydrogen (secondary N) is 1. The lowest BCUT2D eigenvalue weighted by atomic mass is 9.98. The van der Waals surface area contributed by atoms with Gasteiger partial charge in [0, 0.05) is 5.92 Å². The summed E-state index contributed by atoms with van der Waals surface area (Å²) in [5.41, 5.74) is 6.50. The molecule has 0 saturated heterocycles. The minimum Gasteiger partial charge on any atom is -0.458 e. The molecule has 0 spiro atoms. The van der Waals surface area contributed by atoms with Crippen LogP contribution in [0.4, 0.5) is 4.79 Å². The Bertz CT molecular complexity index is 1220. The first kappa shape index (κ1) is 25.1. The zero-order valence-electron chi connectivity index (χ0n) is 21.8. The molecule has 0 radical (unpaired) electrons. The van der Waals surface area contributed by atoms with Crippen molar-refractivity contribution in [1.82, 2.24) is 5.32 Å². The van der Waals surface area contributed by atoms with E-state index in [0.717, 1.165) is 16.7 Å². The van der Waals surface area contributed by atoms with E-state index in [9.17, 15) is 9.59 Å². The van der Waals surface area contributed by atoms with E-state index < -0.39 is 23.7 Å². The van der Waals surface area contributed by atoms with Crippen molar-refractivity contribution in [1.29, 1.82) is 0 Å². The van der Waals surface area contributed by atoms with E-state index in [1.807, 2.05) is 45.0 Å². The molecular weight excluding hydrogens is 462 g/mol. The van der Waals surface area contributed by atoms with Crippen LogP contribution in [0.5, 0.6) is 0 Å². The van der Waals surface area contributed by atoms with Crippen LogP contribution in [-0.4, -0.2) is 30.3 Å². The van der Waals surface area contributed by atoms with Gasteiger partial charge in [-0.15, -0.1) is 0 Å². The summed E-state index contributed by atoms with van der Waals surface area (Å²) >= 11 is 0. The summed E-state index contributed by atoms with van der Waals surface area (Å²) in [5, 5.41) is 2.79. The predicted molar refractivity (Wildman–Crippen MR) is 145 cm³/mol. The maximum atomic E-state index is 13.0. The van der Waals surface area contributed by atoms with Crippen molar-refractivity contribution in [2.45, 2.75) is 69.9 Å². The van der Waals surface area contributed by atoms with Crippen LogP contribution in [0.15, 0.2) is 72.8 Å². The van der Waals surface area contributed by atoms with Crippen LogP contribution < -0.4 is 5.32 Å². The monoisotopic (exact) mass is 497 g/mol. The molecule has 2 aliphatic carbocycles. The van der Waals surface area contributed by atoms with Crippen LogP contribution in [0, 0.1) is 0 Å². The Hall–Kier alpha value is -3.60. The van der Waals surface area contributed by atoms with Gasteiger partial charge >= 0.3 is 12.1 Å². The average Bonchev–Trinajstić information content (AvgIpc) is 3.67. The Balaban J connectivity index is 1.23. The van der Waals surface area contributed by atoms with E-state index in [4.69, 9.17) is 9.47 Å². The first-order chi connectivity index (χ1) is 17.8. The Kier molecular flexibility index (Phi) is 7.05. The fraction of sp³-hybridized carbons (Fsp3) is 0.375. The lowest BCUT2D eigenvalue weighted by molar-refractivity contribution is -0.157. The quantitative estimate of drug-likeness (QED) is 0.350. The summed E-state index contributed by atoms with van der Waals surface area (Å²) in [4.78, 5) is 25.9. The maximum Gasteiger partial charge on any atom is 0.407 e. The Morgan fingerprint density at radius 1 is 0.892 bits per heavy atom. The van der Waals surface area contributed by atoms with Crippen molar-refractivity contribution in [3.8, 4) is 11.1 Å². The topological polar surface area (TPSA) is 64.6 Å². The molecule has 1 amide bonds. The molecule has 0 aromatic heterocycles. The number of esters is 1. The van der Waals surface area contributed by atoms with Gasteiger partial charge in [-0.05, 0) is 85.8 Å². The number of rotatable bonds is 8. The van der Waals surface area contributed by atoms with Crippen molar-refractivity contribution in [3.05, 3.63) is 95.1 Å². The third-order valence-electron chi connectivity index (χ3n) is 7.08. The predicted octanol–water partition coefficient (Wildman–Crippen LogP) is 6.75. The zero-order valence-corrected chi connectivity index (χ0v) is 21.8. The van der Waals surface area contributed by atoms with Crippen LogP contribution in [0.3, 0.4) is 0 Å².